The van der Waals surface area contributed by atoms with Crippen LogP contribution in [0.25, 0.3) is 34.4 Å². The van der Waals surface area contributed by atoms with E-state index in [2.05, 4.69) is 120 Å². The van der Waals surface area contributed by atoms with Gasteiger partial charge in [-0.1, -0.05) is 0 Å². The summed E-state index contributed by atoms with van der Waals surface area (Å²) < 4.78 is 7.76. The molecule has 4 aromatic rings. The van der Waals surface area contributed by atoms with Crippen LogP contribution in [0.1, 0.15) is 55.8 Å². The van der Waals surface area contributed by atoms with E-state index in [4.69, 9.17) is 0 Å². The van der Waals surface area contributed by atoms with E-state index in [1.54, 1.807) is 21.9 Å². The van der Waals surface area contributed by atoms with Crippen molar-refractivity contribution in [2.45, 2.75) is 49.8 Å². The summed E-state index contributed by atoms with van der Waals surface area (Å²) in [5, 5.41) is 3.64. The van der Waals surface area contributed by atoms with Crippen molar-refractivity contribution in [3.8, 4) is 22.3 Å². The fourth-order valence-corrected chi connectivity index (χ4v) is 28.6. The first kappa shape index (κ1) is 25.4. The van der Waals surface area contributed by atoms with E-state index in [-0.39, 0.29) is 0 Å². The zero-order valence-electron chi connectivity index (χ0n) is 23.7. The van der Waals surface area contributed by atoms with Crippen molar-refractivity contribution in [3.05, 3.63) is 129 Å². The Hall–Kier alpha value is -2.55. The number of benzene rings is 4. The van der Waals surface area contributed by atoms with Crippen LogP contribution in [-0.2, 0) is 20.0 Å². The predicted molar refractivity (Wildman–Crippen MR) is 169 cm³/mol. The second-order valence-electron chi connectivity index (χ2n) is 12.7. The Morgan fingerprint density at radius 2 is 1.15 bits per heavy atom. The van der Waals surface area contributed by atoms with Gasteiger partial charge in [0.15, 0.2) is 0 Å². The molecule has 2 aliphatic carbocycles. The van der Waals surface area contributed by atoms with Crippen LogP contribution in [0, 0.1) is 13.8 Å². The first-order valence-corrected chi connectivity index (χ1v) is 27.9. The van der Waals surface area contributed by atoms with Crippen LogP contribution in [-0.4, -0.2) is 9.52 Å². The van der Waals surface area contributed by atoms with Gasteiger partial charge in [-0.3, -0.25) is 0 Å². The monoisotopic (exact) mass is 690 g/mol. The fraction of sp³-hybridized carbons (Fsp3) is 0.243. The SMILES string of the molecule is Cc1ccccc1-c1cccc2c1C=C1[SiH2]C3=Cc4c(-c5ccccc5C)cccc4[CH]3[Hf]([CH3])([CH3])[CH2]CCC12. The van der Waals surface area contributed by atoms with Crippen LogP contribution in [0.5, 0.6) is 0 Å². The van der Waals surface area contributed by atoms with E-state index < -0.39 is 29.5 Å². The molecule has 194 valence electrons. The molecule has 2 atom stereocenters. The molecule has 0 spiro atoms. The van der Waals surface area contributed by atoms with Crippen LogP contribution in [0.3, 0.4) is 0 Å². The molecule has 0 aromatic heterocycles. The first-order valence-electron chi connectivity index (χ1n) is 14.7. The maximum atomic E-state index is 2.76. The molecule has 39 heavy (non-hydrogen) atoms. The van der Waals surface area contributed by atoms with E-state index in [0.717, 1.165) is 3.67 Å². The molecule has 2 heteroatoms. The normalized spacial score (nSPS) is 21.5. The minimum absolute atomic E-state index is 0.543. The molecule has 4 aromatic carbocycles. The fourth-order valence-electron chi connectivity index (χ4n) is 7.95. The standard InChI is InChI=1S/C35H32Si.2CH3.Hf/c1-4-11-32-31-19-10-18-30(28-16-8-6-13-24(28)3)34(31)22-35(32)36-26-20-25-14-9-17-29(33(25)21-26)27-15-7-5-12-23(27)2;;;/h5-10,12-22,32H,1,4,11,36H2,2-3H3;2*1H3;. The topological polar surface area (TPSA) is 0 Å². The van der Waals surface area contributed by atoms with E-state index in [0.29, 0.717) is 5.92 Å². The van der Waals surface area contributed by atoms with Gasteiger partial charge in [0.05, 0.1) is 0 Å². The summed E-state index contributed by atoms with van der Waals surface area (Å²) in [6.45, 7) is 4.52. The Kier molecular flexibility index (Phi) is 6.40. The Bertz CT molecular complexity index is 1670. The second-order valence-corrected chi connectivity index (χ2v) is 32.9. The second kappa shape index (κ2) is 9.82. The summed E-state index contributed by atoms with van der Waals surface area (Å²) in [6, 6.07) is 32.2. The van der Waals surface area contributed by atoms with Crippen molar-refractivity contribution in [3.63, 3.8) is 0 Å². The molecule has 0 nitrogen and oxygen atoms in total. The zero-order chi connectivity index (χ0) is 26.7. The van der Waals surface area contributed by atoms with Crippen LogP contribution in [0.15, 0.2) is 95.3 Å². The first-order chi connectivity index (χ1) is 18.9. The average Bonchev–Trinajstić information content (AvgIpc) is 3.48. The van der Waals surface area contributed by atoms with Gasteiger partial charge in [-0.05, 0) is 0 Å². The minimum atomic E-state index is -2.55. The van der Waals surface area contributed by atoms with Crippen LogP contribution in [0.4, 0.5) is 0 Å². The van der Waals surface area contributed by atoms with Crippen molar-refractivity contribution in [1.29, 1.82) is 0 Å². The van der Waals surface area contributed by atoms with Crippen molar-refractivity contribution in [1.82, 2.24) is 0 Å². The third-order valence-corrected chi connectivity index (χ3v) is 27.4. The van der Waals surface area contributed by atoms with Gasteiger partial charge in [-0.25, -0.2) is 0 Å². The van der Waals surface area contributed by atoms with E-state index in [1.807, 2.05) is 5.20 Å². The van der Waals surface area contributed by atoms with Gasteiger partial charge in [0.2, 0.25) is 0 Å². The number of rotatable bonds is 2. The molecule has 1 aliphatic heterocycles. The van der Waals surface area contributed by atoms with Crippen molar-refractivity contribution < 1.29 is 20.0 Å². The Balaban J connectivity index is 1.36. The molecular weight excluding hydrogens is 651 g/mol. The van der Waals surface area contributed by atoms with Crippen LogP contribution in [0.2, 0.25) is 13.5 Å². The number of fused-ring (bicyclic) bond motifs is 6. The molecule has 2 unspecified atom stereocenters. The molecular formula is C37H38HfSi. The summed E-state index contributed by atoms with van der Waals surface area (Å²) in [6.07, 6.45) is 8.08. The van der Waals surface area contributed by atoms with E-state index in [9.17, 15) is 0 Å². The van der Waals surface area contributed by atoms with Crippen LogP contribution < -0.4 is 0 Å². The third-order valence-electron chi connectivity index (χ3n) is 9.82. The van der Waals surface area contributed by atoms with Crippen molar-refractivity contribution in [2.24, 2.45) is 0 Å². The Morgan fingerprint density at radius 3 is 1.79 bits per heavy atom. The maximum absolute atomic E-state index is 2.76. The summed E-state index contributed by atoms with van der Waals surface area (Å²) in [7, 11) is -0.543. The summed E-state index contributed by atoms with van der Waals surface area (Å²) in [5.74, 6) is 0.624. The molecule has 0 amide bonds. The molecule has 1 fully saturated rings. The molecule has 7 rings (SSSR count). The zero-order valence-corrected chi connectivity index (χ0v) is 28.7. The molecule has 1 saturated heterocycles. The molecule has 0 bridgehead atoms. The molecule has 3 aliphatic rings. The molecule has 0 radical (unpaired) electrons. The summed E-state index contributed by atoms with van der Waals surface area (Å²) >= 11 is -2.55. The Labute approximate surface area is 241 Å². The van der Waals surface area contributed by atoms with E-state index >= 15 is 0 Å². The Morgan fingerprint density at radius 1 is 0.615 bits per heavy atom. The number of hydrogen-bond acceptors (Lipinski definition) is 0. The van der Waals surface area contributed by atoms with Gasteiger partial charge < -0.3 is 0 Å². The molecule has 0 N–H and O–H groups in total. The van der Waals surface area contributed by atoms with Gasteiger partial charge >= 0.3 is 242 Å². The summed E-state index contributed by atoms with van der Waals surface area (Å²) in [4.78, 5) is 0. The number of allylic oxidation sites excluding steroid dienone is 2. The summed E-state index contributed by atoms with van der Waals surface area (Å²) in [5.41, 5.74) is 14.7. The predicted octanol–water partition coefficient (Wildman–Crippen LogP) is 9.80. The van der Waals surface area contributed by atoms with Crippen LogP contribution >= 0.6 is 0 Å². The molecule has 0 saturated carbocycles. The molecule has 1 heterocycles. The van der Waals surface area contributed by atoms with Gasteiger partial charge in [0.25, 0.3) is 0 Å². The van der Waals surface area contributed by atoms with Gasteiger partial charge in [0, 0.05) is 0 Å². The van der Waals surface area contributed by atoms with E-state index in [1.165, 1.54) is 56.0 Å². The third kappa shape index (κ3) is 4.26. The van der Waals surface area contributed by atoms with Crippen molar-refractivity contribution >= 4 is 21.7 Å². The number of hydrogen-bond donors (Lipinski definition) is 0. The van der Waals surface area contributed by atoms with Gasteiger partial charge in [-0.15, -0.1) is 0 Å². The van der Waals surface area contributed by atoms with Crippen molar-refractivity contribution in [2.75, 3.05) is 0 Å². The van der Waals surface area contributed by atoms with Gasteiger partial charge in [-0.2, -0.15) is 0 Å². The van der Waals surface area contributed by atoms with Gasteiger partial charge in [0.1, 0.15) is 0 Å². The number of aryl methyl sites for hydroxylation is 2. The quantitative estimate of drug-likeness (QED) is 0.184. The average molecular weight is 689 g/mol.